The highest BCUT2D eigenvalue weighted by Gasteiger charge is 2.28. The second-order valence-electron chi connectivity index (χ2n) is 6.96. The van der Waals surface area contributed by atoms with Gasteiger partial charge < -0.3 is 0 Å². The predicted octanol–water partition coefficient (Wildman–Crippen LogP) is 4.09. The van der Waals surface area contributed by atoms with Crippen LogP contribution >= 0.6 is 0 Å². The smallest absolute Gasteiger partial charge is 0.258 e. The van der Waals surface area contributed by atoms with Gasteiger partial charge in [0.15, 0.2) is 5.78 Å². The molecule has 0 fully saturated rings. The minimum absolute atomic E-state index is 0.0489. The lowest BCUT2D eigenvalue weighted by Gasteiger charge is -2.23. The molecule has 140 valence electrons. The lowest BCUT2D eigenvalue weighted by molar-refractivity contribution is 0.0962. The number of ketones is 1. The van der Waals surface area contributed by atoms with E-state index in [2.05, 4.69) is 15.3 Å². The summed E-state index contributed by atoms with van der Waals surface area (Å²) in [5.41, 5.74) is 3.46. The molecule has 6 heteroatoms. The van der Waals surface area contributed by atoms with Crippen LogP contribution in [-0.2, 0) is 6.42 Å². The number of halogens is 1. The van der Waals surface area contributed by atoms with Crippen molar-refractivity contribution in [1.82, 2.24) is 9.97 Å². The number of amides is 1. The van der Waals surface area contributed by atoms with E-state index < -0.39 is 0 Å². The Morgan fingerprint density at radius 2 is 1.93 bits per heavy atom. The number of hydrogen-bond acceptors (Lipinski definition) is 4. The Bertz CT molecular complexity index is 1060. The fourth-order valence-corrected chi connectivity index (χ4v) is 3.44. The Kier molecular flexibility index (Phi) is 4.69. The molecule has 2 aromatic carbocycles. The SMILES string of the molecule is Cc1cccc(C(=O)Nc2ncc3c(n2)C[C@@H](c2ccc(F)cc2)CC3=O)c1. The quantitative estimate of drug-likeness (QED) is 0.748. The molecule has 0 radical (unpaired) electrons. The fraction of sp³-hybridized carbons (Fsp3) is 0.182. The molecule has 1 aliphatic carbocycles. The molecular formula is C22H18FN3O2. The van der Waals surface area contributed by atoms with Crippen molar-refractivity contribution in [1.29, 1.82) is 0 Å². The number of anilines is 1. The van der Waals surface area contributed by atoms with Crippen LogP contribution in [0.3, 0.4) is 0 Å². The van der Waals surface area contributed by atoms with Crippen molar-refractivity contribution in [2.24, 2.45) is 0 Å². The number of Topliss-reactive ketones (excluding diaryl/α,β-unsaturated/α-hetero) is 1. The highest BCUT2D eigenvalue weighted by atomic mass is 19.1. The maximum atomic E-state index is 13.2. The highest BCUT2D eigenvalue weighted by Crippen LogP contribution is 2.32. The van der Waals surface area contributed by atoms with Crippen LogP contribution in [-0.4, -0.2) is 21.7 Å². The number of nitrogens with one attached hydrogen (secondary N) is 1. The summed E-state index contributed by atoms with van der Waals surface area (Å²) in [6.07, 6.45) is 2.33. The first kappa shape index (κ1) is 18.0. The molecule has 1 aromatic heterocycles. The Morgan fingerprint density at radius 1 is 1.14 bits per heavy atom. The lowest BCUT2D eigenvalue weighted by Crippen LogP contribution is -2.22. The number of carbonyl (C=O) groups is 2. The number of benzene rings is 2. The second-order valence-corrected chi connectivity index (χ2v) is 6.96. The Balaban J connectivity index is 1.57. The molecule has 0 saturated heterocycles. The van der Waals surface area contributed by atoms with Gasteiger partial charge in [-0.3, -0.25) is 14.9 Å². The zero-order valence-electron chi connectivity index (χ0n) is 15.3. The van der Waals surface area contributed by atoms with E-state index in [0.29, 0.717) is 29.7 Å². The van der Waals surface area contributed by atoms with Gasteiger partial charge in [-0.15, -0.1) is 0 Å². The molecule has 0 saturated carbocycles. The van der Waals surface area contributed by atoms with Crippen LogP contribution in [0.2, 0.25) is 0 Å². The van der Waals surface area contributed by atoms with Crippen LogP contribution in [0, 0.1) is 12.7 Å². The third-order valence-electron chi connectivity index (χ3n) is 4.89. The Hall–Kier alpha value is -3.41. The zero-order valence-corrected chi connectivity index (χ0v) is 15.3. The Morgan fingerprint density at radius 3 is 2.68 bits per heavy atom. The van der Waals surface area contributed by atoms with Crippen LogP contribution in [0.25, 0.3) is 0 Å². The van der Waals surface area contributed by atoms with E-state index in [-0.39, 0.29) is 29.4 Å². The van der Waals surface area contributed by atoms with Crippen molar-refractivity contribution < 1.29 is 14.0 Å². The van der Waals surface area contributed by atoms with Gasteiger partial charge in [0.2, 0.25) is 5.95 Å². The summed E-state index contributed by atoms with van der Waals surface area (Å²) in [5.74, 6) is -0.573. The van der Waals surface area contributed by atoms with Crippen LogP contribution in [0.5, 0.6) is 0 Å². The largest absolute Gasteiger partial charge is 0.294 e. The lowest BCUT2D eigenvalue weighted by atomic mass is 9.82. The number of nitrogens with zero attached hydrogens (tertiary/aromatic N) is 2. The van der Waals surface area contributed by atoms with Gasteiger partial charge in [0.05, 0.1) is 11.3 Å². The second kappa shape index (κ2) is 7.31. The van der Waals surface area contributed by atoms with Crippen LogP contribution in [0.15, 0.2) is 54.7 Å². The van der Waals surface area contributed by atoms with E-state index in [1.807, 2.05) is 19.1 Å². The number of carbonyl (C=O) groups excluding carboxylic acids is 2. The summed E-state index contributed by atoms with van der Waals surface area (Å²) in [6, 6.07) is 13.4. The summed E-state index contributed by atoms with van der Waals surface area (Å²) in [7, 11) is 0. The summed E-state index contributed by atoms with van der Waals surface area (Å²) < 4.78 is 13.2. The van der Waals surface area contributed by atoms with Gasteiger partial charge in [-0.2, -0.15) is 0 Å². The molecule has 0 spiro atoms. The minimum Gasteiger partial charge on any atom is -0.294 e. The number of aromatic nitrogens is 2. The number of rotatable bonds is 3. The molecule has 1 aliphatic rings. The number of aryl methyl sites for hydroxylation is 1. The monoisotopic (exact) mass is 375 g/mol. The first-order chi connectivity index (χ1) is 13.5. The van der Waals surface area contributed by atoms with Crippen molar-refractivity contribution in [2.45, 2.75) is 25.7 Å². The van der Waals surface area contributed by atoms with E-state index in [9.17, 15) is 14.0 Å². The number of fused-ring (bicyclic) bond motifs is 1. The molecular weight excluding hydrogens is 357 g/mol. The molecule has 1 amide bonds. The highest BCUT2D eigenvalue weighted by molar-refractivity contribution is 6.03. The summed E-state index contributed by atoms with van der Waals surface area (Å²) in [5, 5.41) is 2.69. The van der Waals surface area contributed by atoms with Crippen LogP contribution in [0.1, 0.15) is 49.9 Å². The fourth-order valence-electron chi connectivity index (χ4n) is 3.44. The first-order valence-electron chi connectivity index (χ1n) is 9.02. The third-order valence-corrected chi connectivity index (χ3v) is 4.89. The van der Waals surface area contributed by atoms with Crippen molar-refractivity contribution in [3.05, 3.63) is 88.5 Å². The normalized spacial score (nSPS) is 15.8. The summed E-state index contributed by atoms with van der Waals surface area (Å²) in [6.45, 7) is 1.91. The van der Waals surface area contributed by atoms with Crippen molar-refractivity contribution in [2.75, 3.05) is 5.32 Å². The average Bonchev–Trinajstić information content (AvgIpc) is 2.68. The van der Waals surface area contributed by atoms with Crippen LogP contribution < -0.4 is 5.32 Å². The molecule has 1 N–H and O–H groups in total. The average molecular weight is 375 g/mol. The predicted molar refractivity (Wildman–Crippen MR) is 103 cm³/mol. The molecule has 0 bridgehead atoms. The van der Waals surface area contributed by atoms with E-state index in [1.165, 1.54) is 18.3 Å². The van der Waals surface area contributed by atoms with E-state index in [1.54, 1.807) is 24.3 Å². The molecule has 28 heavy (non-hydrogen) atoms. The molecule has 0 aliphatic heterocycles. The Labute approximate surface area is 161 Å². The molecule has 1 heterocycles. The van der Waals surface area contributed by atoms with Gasteiger partial charge in [0.25, 0.3) is 5.91 Å². The maximum absolute atomic E-state index is 13.2. The summed E-state index contributed by atoms with van der Waals surface area (Å²) >= 11 is 0. The van der Waals surface area contributed by atoms with E-state index in [0.717, 1.165) is 11.1 Å². The molecule has 1 atom stereocenters. The zero-order chi connectivity index (χ0) is 19.7. The van der Waals surface area contributed by atoms with E-state index in [4.69, 9.17) is 0 Å². The topological polar surface area (TPSA) is 72.0 Å². The van der Waals surface area contributed by atoms with Crippen molar-refractivity contribution in [3.63, 3.8) is 0 Å². The van der Waals surface area contributed by atoms with E-state index >= 15 is 0 Å². The van der Waals surface area contributed by atoms with Gasteiger partial charge in [0, 0.05) is 18.2 Å². The molecule has 5 nitrogen and oxygen atoms in total. The van der Waals surface area contributed by atoms with Crippen molar-refractivity contribution in [3.8, 4) is 0 Å². The summed E-state index contributed by atoms with van der Waals surface area (Å²) in [4.78, 5) is 33.4. The molecule has 3 aromatic rings. The van der Waals surface area contributed by atoms with Gasteiger partial charge >= 0.3 is 0 Å². The maximum Gasteiger partial charge on any atom is 0.258 e. The van der Waals surface area contributed by atoms with Gasteiger partial charge in [-0.1, -0.05) is 29.8 Å². The minimum atomic E-state index is -0.310. The van der Waals surface area contributed by atoms with Gasteiger partial charge in [-0.05, 0) is 49.1 Å². The third kappa shape index (κ3) is 3.67. The molecule has 4 rings (SSSR count). The van der Waals surface area contributed by atoms with Gasteiger partial charge in [0.1, 0.15) is 5.82 Å². The standard InChI is InChI=1S/C22H18FN3O2/c1-13-3-2-4-15(9-13)21(28)26-22-24-12-18-19(25-22)10-16(11-20(18)27)14-5-7-17(23)8-6-14/h2-9,12,16H,10-11H2,1H3,(H,24,25,26,28)/t16-/m1/s1. The number of hydrogen-bond donors (Lipinski definition) is 1. The first-order valence-corrected chi connectivity index (χ1v) is 9.02. The van der Waals surface area contributed by atoms with Gasteiger partial charge in [-0.25, -0.2) is 14.4 Å². The van der Waals surface area contributed by atoms with Crippen LogP contribution in [0.4, 0.5) is 10.3 Å². The molecule has 0 unspecified atom stereocenters. The van der Waals surface area contributed by atoms with Crippen molar-refractivity contribution >= 4 is 17.6 Å².